The quantitative estimate of drug-likeness (QED) is 0.700. The molecule has 1 atom stereocenters. The van der Waals surface area contributed by atoms with Gasteiger partial charge in [0, 0.05) is 5.92 Å². The molecule has 88 valence electrons. The maximum Gasteiger partial charge on any atom is 0.169 e. The summed E-state index contributed by atoms with van der Waals surface area (Å²) in [6.07, 6.45) is 0. The van der Waals surface area contributed by atoms with E-state index in [4.69, 9.17) is 0 Å². The van der Waals surface area contributed by atoms with Crippen LogP contribution < -0.4 is 0 Å². The van der Waals surface area contributed by atoms with Crippen LogP contribution in [0.5, 0.6) is 0 Å². The summed E-state index contributed by atoms with van der Waals surface area (Å²) in [5.74, 6) is -1.97. The second kappa shape index (κ2) is 4.32. The number of Topliss-reactive ketones (excluding diaryl/α,β-unsaturated/α-hetero) is 1. The second-order valence-corrected chi connectivity index (χ2v) is 5.08. The molecular weight excluding hydrogens is 210 g/mol. The standard InChI is InChI=1S/C13H16F2O/c1-8(13(2,3)4)12(16)10-7-9(14)5-6-11(10)15/h5-8H,1-4H3. The van der Waals surface area contributed by atoms with Crippen LogP contribution in [0, 0.1) is 23.0 Å². The van der Waals surface area contributed by atoms with Crippen LogP contribution in [-0.4, -0.2) is 5.78 Å². The molecule has 1 unspecified atom stereocenters. The highest BCUT2D eigenvalue weighted by Gasteiger charge is 2.29. The van der Waals surface area contributed by atoms with Crippen LogP contribution in [0.25, 0.3) is 0 Å². The average Bonchev–Trinajstić information content (AvgIpc) is 2.18. The van der Waals surface area contributed by atoms with Gasteiger partial charge in [0.1, 0.15) is 11.6 Å². The molecule has 0 fully saturated rings. The van der Waals surface area contributed by atoms with E-state index < -0.39 is 11.6 Å². The molecule has 0 aromatic heterocycles. The van der Waals surface area contributed by atoms with Crippen molar-refractivity contribution in [3.05, 3.63) is 35.4 Å². The van der Waals surface area contributed by atoms with Gasteiger partial charge < -0.3 is 0 Å². The molecule has 1 aromatic rings. The van der Waals surface area contributed by atoms with Gasteiger partial charge in [-0.25, -0.2) is 8.78 Å². The van der Waals surface area contributed by atoms with Gasteiger partial charge in [0.2, 0.25) is 0 Å². The first-order valence-electron chi connectivity index (χ1n) is 5.22. The Morgan fingerprint density at radius 1 is 1.25 bits per heavy atom. The molecule has 3 heteroatoms. The van der Waals surface area contributed by atoms with Gasteiger partial charge in [-0.05, 0) is 23.6 Å². The summed E-state index contributed by atoms with van der Waals surface area (Å²) in [6, 6.07) is 2.95. The molecule has 0 radical (unpaired) electrons. The summed E-state index contributed by atoms with van der Waals surface area (Å²) < 4.78 is 26.3. The SMILES string of the molecule is CC(C(=O)c1cc(F)ccc1F)C(C)(C)C. The normalized spacial score (nSPS) is 13.6. The summed E-state index contributed by atoms with van der Waals surface area (Å²) in [5.41, 5.74) is -0.432. The lowest BCUT2D eigenvalue weighted by Gasteiger charge is -2.26. The van der Waals surface area contributed by atoms with Crippen LogP contribution in [0.2, 0.25) is 0 Å². The van der Waals surface area contributed by atoms with Crippen molar-refractivity contribution in [3.8, 4) is 0 Å². The average molecular weight is 226 g/mol. The van der Waals surface area contributed by atoms with Crippen LogP contribution in [0.1, 0.15) is 38.1 Å². The van der Waals surface area contributed by atoms with Crippen molar-refractivity contribution in [1.82, 2.24) is 0 Å². The van der Waals surface area contributed by atoms with E-state index in [1.165, 1.54) is 0 Å². The van der Waals surface area contributed by atoms with E-state index in [9.17, 15) is 13.6 Å². The van der Waals surface area contributed by atoms with Crippen molar-refractivity contribution in [2.75, 3.05) is 0 Å². The van der Waals surface area contributed by atoms with E-state index in [0.29, 0.717) is 0 Å². The van der Waals surface area contributed by atoms with E-state index in [0.717, 1.165) is 18.2 Å². The predicted molar refractivity (Wildman–Crippen MR) is 59.3 cm³/mol. The third-order valence-electron chi connectivity index (χ3n) is 2.89. The summed E-state index contributed by atoms with van der Waals surface area (Å²) >= 11 is 0. The first-order chi connectivity index (χ1) is 7.23. The fourth-order valence-corrected chi connectivity index (χ4v) is 1.31. The summed E-state index contributed by atoms with van der Waals surface area (Å²) in [4.78, 5) is 12.0. The molecule has 0 bridgehead atoms. The molecule has 0 saturated carbocycles. The first kappa shape index (κ1) is 12.8. The van der Waals surface area contributed by atoms with Gasteiger partial charge in [-0.1, -0.05) is 27.7 Å². The van der Waals surface area contributed by atoms with Gasteiger partial charge >= 0.3 is 0 Å². The number of rotatable bonds is 2. The fourth-order valence-electron chi connectivity index (χ4n) is 1.31. The molecule has 1 nitrogen and oxygen atoms in total. The molecule has 0 saturated heterocycles. The highest BCUT2D eigenvalue weighted by Crippen LogP contribution is 2.29. The van der Waals surface area contributed by atoms with Crippen LogP contribution >= 0.6 is 0 Å². The maximum atomic E-state index is 13.4. The summed E-state index contributed by atoms with van der Waals surface area (Å²) in [7, 11) is 0. The minimum atomic E-state index is -0.664. The fraction of sp³-hybridized carbons (Fsp3) is 0.462. The zero-order valence-corrected chi connectivity index (χ0v) is 9.97. The number of hydrogen-bond donors (Lipinski definition) is 0. The lowest BCUT2D eigenvalue weighted by atomic mass is 9.77. The zero-order valence-electron chi connectivity index (χ0n) is 9.97. The Morgan fingerprint density at radius 2 is 1.81 bits per heavy atom. The highest BCUT2D eigenvalue weighted by molar-refractivity contribution is 5.98. The van der Waals surface area contributed by atoms with Crippen molar-refractivity contribution in [3.63, 3.8) is 0 Å². The lowest BCUT2D eigenvalue weighted by Crippen LogP contribution is -2.26. The summed E-state index contributed by atoms with van der Waals surface area (Å²) in [6.45, 7) is 7.42. The van der Waals surface area contributed by atoms with Crippen molar-refractivity contribution in [2.24, 2.45) is 11.3 Å². The van der Waals surface area contributed by atoms with E-state index in [-0.39, 0.29) is 22.7 Å². The van der Waals surface area contributed by atoms with Gasteiger partial charge in [0.15, 0.2) is 5.78 Å². The van der Waals surface area contributed by atoms with Gasteiger partial charge in [-0.2, -0.15) is 0 Å². The molecule has 0 aliphatic carbocycles. The minimum Gasteiger partial charge on any atom is -0.294 e. The second-order valence-electron chi connectivity index (χ2n) is 5.08. The van der Waals surface area contributed by atoms with Gasteiger partial charge in [0.05, 0.1) is 5.56 Å². The molecule has 0 heterocycles. The number of ketones is 1. The molecule has 1 aromatic carbocycles. The zero-order chi connectivity index (χ0) is 12.5. The molecule has 1 rings (SSSR count). The Hall–Kier alpha value is -1.25. The molecule has 0 aliphatic rings. The topological polar surface area (TPSA) is 17.1 Å². The third-order valence-corrected chi connectivity index (χ3v) is 2.89. The number of halogens is 2. The lowest BCUT2D eigenvalue weighted by molar-refractivity contribution is 0.0834. The van der Waals surface area contributed by atoms with E-state index >= 15 is 0 Å². The molecule has 0 aliphatic heterocycles. The predicted octanol–water partition coefficient (Wildman–Crippen LogP) is 3.83. The minimum absolute atomic E-state index is 0.164. The molecular formula is C13H16F2O. The molecule has 16 heavy (non-hydrogen) atoms. The Morgan fingerprint density at radius 3 is 2.31 bits per heavy atom. The number of benzene rings is 1. The van der Waals surface area contributed by atoms with Crippen molar-refractivity contribution >= 4 is 5.78 Å². The van der Waals surface area contributed by atoms with Gasteiger partial charge in [0.25, 0.3) is 0 Å². The first-order valence-corrected chi connectivity index (χ1v) is 5.22. The number of hydrogen-bond acceptors (Lipinski definition) is 1. The van der Waals surface area contributed by atoms with Crippen LogP contribution in [0.4, 0.5) is 8.78 Å². The maximum absolute atomic E-state index is 13.4. The Bertz CT molecular complexity index is 405. The van der Waals surface area contributed by atoms with Crippen LogP contribution in [0.3, 0.4) is 0 Å². The Balaban J connectivity index is 3.10. The van der Waals surface area contributed by atoms with E-state index in [1.54, 1.807) is 6.92 Å². The van der Waals surface area contributed by atoms with Crippen LogP contribution in [-0.2, 0) is 0 Å². The van der Waals surface area contributed by atoms with Crippen LogP contribution in [0.15, 0.2) is 18.2 Å². The van der Waals surface area contributed by atoms with Gasteiger partial charge in [-0.15, -0.1) is 0 Å². The Kier molecular flexibility index (Phi) is 3.46. The highest BCUT2D eigenvalue weighted by atomic mass is 19.1. The van der Waals surface area contributed by atoms with E-state index in [2.05, 4.69) is 0 Å². The molecule has 0 amide bonds. The third kappa shape index (κ3) is 2.65. The Labute approximate surface area is 94.5 Å². The van der Waals surface area contributed by atoms with Crippen molar-refractivity contribution in [2.45, 2.75) is 27.7 Å². The monoisotopic (exact) mass is 226 g/mol. The van der Waals surface area contributed by atoms with E-state index in [1.807, 2.05) is 20.8 Å². The molecule has 0 spiro atoms. The van der Waals surface area contributed by atoms with Crippen molar-refractivity contribution < 1.29 is 13.6 Å². The largest absolute Gasteiger partial charge is 0.294 e. The smallest absolute Gasteiger partial charge is 0.169 e. The summed E-state index contributed by atoms with van der Waals surface area (Å²) in [5, 5.41) is 0. The number of carbonyl (C=O) groups is 1. The van der Waals surface area contributed by atoms with Gasteiger partial charge in [-0.3, -0.25) is 4.79 Å². The number of carbonyl (C=O) groups excluding carboxylic acids is 1. The van der Waals surface area contributed by atoms with Crippen molar-refractivity contribution in [1.29, 1.82) is 0 Å². The molecule has 0 N–H and O–H groups in total.